The highest BCUT2D eigenvalue weighted by atomic mass is 35.5. The number of halogens is 12. The Balaban J connectivity index is 0.000000142. The lowest BCUT2D eigenvalue weighted by molar-refractivity contribution is 0.0706. The number of imidazole rings is 5. The summed E-state index contributed by atoms with van der Waals surface area (Å²) in [6.45, 7) is 28.1. The Morgan fingerprint density at radius 3 is 1.02 bits per heavy atom. The van der Waals surface area contributed by atoms with E-state index >= 15 is 0 Å². The maximum atomic E-state index is 14.2. The van der Waals surface area contributed by atoms with Crippen LogP contribution in [0.5, 0.6) is 0 Å². The van der Waals surface area contributed by atoms with Crippen LogP contribution in [-0.2, 0) is 59.9 Å². The van der Waals surface area contributed by atoms with Gasteiger partial charge < -0.3 is 47.3 Å². The summed E-state index contributed by atoms with van der Waals surface area (Å²) in [5.74, 6) is -2.72. The highest BCUT2D eigenvalue weighted by molar-refractivity contribution is 6.33. The molecule has 0 saturated heterocycles. The van der Waals surface area contributed by atoms with E-state index in [-0.39, 0.29) is 36.7 Å². The Kier molecular flexibility index (Phi) is 35.8. The van der Waals surface area contributed by atoms with E-state index in [0.29, 0.717) is 171 Å². The molecule has 143 heavy (non-hydrogen) atoms. The minimum Gasteiger partial charge on any atom is -0.331 e. The number of aryl methyl sites for hydroxylation is 5. The zero-order chi connectivity index (χ0) is 103. The van der Waals surface area contributed by atoms with Gasteiger partial charge in [-0.2, -0.15) is 0 Å². The molecule has 5 amide bonds. The molecule has 32 heteroatoms. The van der Waals surface area contributed by atoms with Crippen LogP contribution in [0.3, 0.4) is 0 Å². The molecule has 752 valence electrons. The Bertz CT molecular complexity index is 7160. The normalized spacial score (nSPS) is 13.1. The van der Waals surface area contributed by atoms with Gasteiger partial charge >= 0.3 is 0 Å². The Morgan fingerprint density at radius 1 is 0.343 bits per heavy atom. The average Bonchev–Trinajstić information content (AvgIpc) is 1.60. The summed E-state index contributed by atoms with van der Waals surface area (Å²) in [4.78, 5) is 97.8. The van der Waals surface area contributed by atoms with E-state index in [1.54, 1.807) is 48.0 Å². The summed E-state index contributed by atoms with van der Waals surface area (Å²) in [5.41, 5.74) is 13.1. The number of benzene rings is 10. The Labute approximate surface area is 860 Å². The van der Waals surface area contributed by atoms with Crippen LogP contribution in [0.1, 0.15) is 223 Å². The van der Waals surface area contributed by atoms with E-state index in [0.717, 1.165) is 122 Å². The van der Waals surface area contributed by atoms with E-state index in [2.05, 4.69) is 70.4 Å². The number of fused-ring (bicyclic) bond motifs is 5. The molecule has 15 aromatic rings. The summed E-state index contributed by atoms with van der Waals surface area (Å²) in [5, 5.41) is 3.78. The minimum atomic E-state index is -1.34. The van der Waals surface area contributed by atoms with Gasteiger partial charge in [0.05, 0.1) is 99.0 Å². The highest BCUT2D eigenvalue weighted by Gasteiger charge is 2.33. The highest BCUT2D eigenvalue weighted by Crippen LogP contribution is 2.39. The number of nitrogens with zero attached hydrogens (tertiary/aromatic N) is 15. The number of hydrogen-bond donors (Lipinski definition) is 0. The maximum Gasteiger partial charge on any atom is 0.257 e. The van der Waals surface area contributed by atoms with Gasteiger partial charge in [0.1, 0.15) is 40.8 Å². The standard InChI is InChI=1S/C25H29Cl2N3O.C23H26ClN3O.C22H22F3N3O.C21H23Cl2N3O.C20H19ClF3N3O/c1-16(2)14-29(25(31)18-9-8-17(3)21(27)12-18)15-24-28-22-11-10-19(26)13-23(22)30(24)20-6-4-5-7-20;1-3-12-26(23(28)18-11-8-16(2)19(24)13-18)15-22-25-20-6-4-5-7-21(20)27(22)14-17-9-10-17;1-2-9-27(22(29)15-10-17(24)18(25)11-16(15)23)13-21-26-19-5-3-4-6-20(19)28(21)12-14-7-8-14;1-13(2)11-26(21(27)15-6-5-14(3)17(23)9-15)12-20-24-18-8-7-16(22)10-19(18)25(20)4;1-11(2)9-27(20(28)13-7-15(23)16(24)8-14(13)22)10-19-25-17-5-4-12(21)6-18(17)26(19)3/h8-13,16,20H,4-7,14-15H2,1-3H3;4-8,11,13,17H,3,9-10,12,14-15H2,1-2H3;3-6,10-11,14H,2,7-9,12-13H2,1H3;5-10,13H,11-12H2,1-4H3;4-8,11H,9-10H2,1-3H3. The molecular formula is C111H119Cl6F6N15O5. The summed E-state index contributed by atoms with van der Waals surface area (Å²) in [7, 11) is 3.74. The first-order chi connectivity index (χ1) is 68.3. The first-order valence-electron chi connectivity index (χ1n) is 48.6. The zero-order valence-electron chi connectivity index (χ0n) is 82.6. The van der Waals surface area contributed by atoms with Gasteiger partial charge in [-0.15, -0.1) is 0 Å². The van der Waals surface area contributed by atoms with Gasteiger partial charge in [-0.3, -0.25) is 24.0 Å². The predicted octanol–water partition coefficient (Wildman–Crippen LogP) is 27.9. The summed E-state index contributed by atoms with van der Waals surface area (Å²) < 4.78 is 92.5. The second-order valence-corrected chi connectivity index (χ2v) is 41.2. The number of carbonyl (C=O) groups is 5. The van der Waals surface area contributed by atoms with Crippen molar-refractivity contribution in [3.8, 4) is 0 Å². The van der Waals surface area contributed by atoms with Crippen molar-refractivity contribution < 1.29 is 50.3 Å². The number of para-hydroxylation sites is 4. The quantitative estimate of drug-likeness (QED) is 0.0309. The summed E-state index contributed by atoms with van der Waals surface area (Å²) in [6, 6.07) is 51.7. The van der Waals surface area contributed by atoms with Crippen molar-refractivity contribution in [2.24, 2.45) is 43.7 Å². The molecule has 0 N–H and O–H groups in total. The predicted molar refractivity (Wildman–Crippen MR) is 559 cm³/mol. The largest absolute Gasteiger partial charge is 0.331 e. The number of carbonyl (C=O) groups excluding carboxylic acids is 5. The lowest BCUT2D eigenvalue weighted by Gasteiger charge is -2.26. The van der Waals surface area contributed by atoms with Crippen molar-refractivity contribution in [3.63, 3.8) is 0 Å². The van der Waals surface area contributed by atoms with Crippen LogP contribution in [0.15, 0.2) is 182 Å². The van der Waals surface area contributed by atoms with Crippen molar-refractivity contribution in [2.75, 3.05) is 32.7 Å². The van der Waals surface area contributed by atoms with E-state index in [1.165, 1.54) is 48.3 Å². The Morgan fingerprint density at radius 2 is 0.650 bits per heavy atom. The molecule has 0 atom stereocenters. The second kappa shape index (κ2) is 47.8. The number of hydrogen-bond acceptors (Lipinski definition) is 10. The Hall–Kier alpha value is -11.8. The fourth-order valence-corrected chi connectivity index (χ4v) is 18.9. The SMILES string of the molecule is CC(C)CN(Cc1nc2ccc(Cl)cc2n1C)C(=O)c1cc(F)c(F)cc1F.CCCN(Cc1nc2ccccc2n1CC1CC1)C(=O)c1cc(F)c(F)cc1F.CCCN(Cc1nc2ccccc2n1CC1CC1)C(=O)c1ccc(C)c(Cl)c1.Cc1ccc(C(=O)N(Cc2nc3ccc(Cl)cc3n2C)CC(C)C)cc1Cl.Cc1ccc(C(=O)N(Cc2nc3ccc(Cl)cc3n2C2CCCC2)CC(C)C)cc1Cl. The molecule has 3 aliphatic carbocycles. The summed E-state index contributed by atoms with van der Waals surface area (Å²) >= 11 is 37.3. The first kappa shape index (κ1) is 107. The third-order valence-electron chi connectivity index (χ3n) is 25.6. The molecule has 0 bridgehead atoms. The van der Waals surface area contributed by atoms with Crippen molar-refractivity contribution >= 4 is 154 Å². The third kappa shape index (κ3) is 26.7. The summed E-state index contributed by atoms with van der Waals surface area (Å²) in [6.07, 6.45) is 11.2. The molecule has 3 saturated carbocycles. The van der Waals surface area contributed by atoms with Gasteiger partial charge in [-0.1, -0.05) is 180 Å². The molecule has 20 nitrogen and oxygen atoms in total. The zero-order valence-corrected chi connectivity index (χ0v) is 87.2. The van der Waals surface area contributed by atoms with Crippen LogP contribution < -0.4 is 0 Å². The number of amides is 5. The average molecular weight is 2070 g/mol. The van der Waals surface area contributed by atoms with Crippen LogP contribution in [0, 0.1) is 85.3 Å². The minimum absolute atomic E-state index is 0.00813. The maximum absolute atomic E-state index is 14.2. The third-order valence-corrected chi connectivity index (χ3v) is 27.5. The van der Waals surface area contributed by atoms with Gasteiger partial charge in [0.25, 0.3) is 29.5 Å². The fourth-order valence-electron chi connectivity index (χ4n) is 17.8. The molecule has 0 unspecified atom stereocenters. The second-order valence-electron chi connectivity index (χ2n) is 38.6. The van der Waals surface area contributed by atoms with Gasteiger partial charge in [0.2, 0.25) is 0 Å². The topological polar surface area (TPSA) is 191 Å². The molecule has 5 heterocycles. The lowest BCUT2D eigenvalue weighted by atomic mass is 10.1. The van der Waals surface area contributed by atoms with Crippen LogP contribution in [0.25, 0.3) is 55.2 Å². The van der Waals surface area contributed by atoms with Crippen molar-refractivity contribution in [3.05, 3.63) is 321 Å². The molecule has 3 aliphatic rings. The van der Waals surface area contributed by atoms with Gasteiger partial charge in [-0.05, 0) is 246 Å². The smallest absolute Gasteiger partial charge is 0.257 e. The van der Waals surface area contributed by atoms with Gasteiger partial charge in [0, 0.05) is 125 Å². The molecular weight excluding hydrogens is 1950 g/mol. The van der Waals surface area contributed by atoms with E-state index < -0.39 is 57.8 Å². The fraction of sp³-hybridized carbons (Fsp3) is 0.369. The van der Waals surface area contributed by atoms with Crippen LogP contribution in [0.2, 0.25) is 30.1 Å². The first-order valence-corrected chi connectivity index (χ1v) is 50.9. The van der Waals surface area contributed by atoms with E-state index in [1.807, 2.05) is 177 Å². The molecule has 0 spiro atoms. The van der Waals surface area contributed by atoms with Crippen LogP contribution in [-0.4, -0.2) is 135 Å². The van der Waals surface area contributed by atoms with Gasteiger partial charge in [0.15, 0.2) is 23.3 Å². The van der Waals surface area contributed by atoms with Crippen LogP contribution >= 0.6 is 69.6 Å². The van der Waals surface area contributed by atoms with Crippen molar-refractivity contribution in [2.45, 2.75) is 192 Å². The van der Waals surface area contributed by atoms with Gasteiger partial charge in [-0.25, -0.2) is 51.3 Å². The molecule has 0 radical (unpaired) electrons. The number of rotatable bonds is 30. The molecule has 5 aromatic heterocycles. The van der Waals surface area contributed by atoms with Crippen LogP contribution in [0.4, 0.5) is 26.3 Å². The monoisotopic (exact) mass is 2070 g/mol. The van der Waals surface area contributed by atoms with Crippen molar-refractivity contribution in [1.82, 2.24) is 72.3 Å². The van der Waals surface area contributed by atoms with E-state index in [4.69, 9.17) is 84.6 Å². The molecule has 0 aliphatic heterocycles. The lowest BCUT2D eigenvalue weighted by Crippen LogP contribution is -2.35. The molecule has 18 rings (SSSR count). The van der Waals surface area contributed by atoms with E-state index in [9.17, 15) is 50.3 Å². The van der Waals surface area contributed by atoms with Crippen molar-refractivity contribution in [1.29, 1.82) is 0 Å². The molecule has 3 fully saturated rings. The number of aromatic nitrogens is 10. The molecule has 10 aromatic carbocycles.